The number of aryl methyl sites for hydroxylation is 1. The number of alkyl halides is 3. The Labute approximate surface area is 224 Å². The van der Waals surface area contributed by atoms with Crippen molar-refractivity contribution >= 4 is 16.9 Å². The van der Waals surface area contributed by atoms with Gasteiger partial charge in [0.25, 0.3) is 0 Å². The summed E-state index contributed by atoms with van der Waals surface area (Å²) in [6.45, 7) is 5.38. The van der Waals surface area contributed by atoms with E-state index in [0.717, 1.165) is 37.3 Å². The molecule has 0 saturated heterocycles. The van der Waals surface area contributed by atoms with Crippen LogP contribution in [-0.4, -0.2) is 31.5 Å². The van der Waals surface area contributed by atoms with Crippen molar-refractivity contribution in [2.45, 2.75) is 63.8 Å². The second kappa shape index (κ2) is 12.0. The van der Waals surface area contributed by atoms with Crippen LogP contribution in [0.25, 0.3) is 22.1 Å². The molecule has 0 amide bonds. The van der Waals surface area contributed by atoms with Crippen LogP contribution in [0.3, 0.4) is 0 Å². The van der Waals surface area contributed by atoms with Crippen LogP contribution in [0.1, 0.15) is 44.6 Å². The predicted molar refractivity (Wildman–Crippen MR) is 141 cm³/mol. The Morgan fingerprint density at radius 3 is 2.54 bits per heavy atom. The fourth-order valence-corrected chi connectivity index (χ4v) is 5.03. The lowest BCUT2D eigenvalue weighted by Gasteiger charge is -2.27. The first kappa shape index (κ1) is 28.3. The number of carbonyl (C=O) groups is 1. The second-order valence-corrected chi connectivity index (χ2v) is 9.62. The van der Waals surface area contributed by atoms with Gasteiger partial charge in [0.05, 0.1) is 12.7 Å². The first-order valence-corrected chi connectivity index (χ1v) is 13.0. The molecule has 1 aliphatic carbocycles. The fourth-order valence-electron chi connectivity index (χ4n) is 5.03. The number of ether oxygens (including phenoxy) is 3. The molecule has 0 N–H and O–H groups in total. The summed E-state index contributed by atoms with van der Waals surface area (Å²) in [6, 6.07) is 11.9. The number of benzene rings is 2. The molecule has 3 aromatic rings. The smallest absolute Gasteiger partial charge is 0.398 e. The number of rotatable bonds is 10. The molecule has 2 aromatic carbocycles. The Hall–Kier alpha value is -3.75. The van der Waals surface area contributed by atoms with Gasteiger partial charge < -0.3 is 18.6 Å². The molecule has 6 nitrogen and oxygen atoms in total. The molecular weight excluding hydrogens is 513 g/mol. The summed E-state index contributed by atoms with van der Waals surface area (Å²) < 4.78 is 63.2. The monoisotopic (exact) mass is 544 g/mol. The first-order valence-electron chi connectivity index (χ1n) is 13.0. The van der Waals surface area contributed by atoms with Crippen molar-refractivity contribution in [1.82, 2.24) is 0 Å². The lowest BCUT2D eigenvalue weighted by atomic mass is 10.00. The maximum Gasteiger partial charge on any atom is 0.398 e. The van der Waals surface area contributed by atoms with Gasteiger partial charge in [0, 0.05) is 23.1 Å². The van der Waals surface area contributed by atoms with Gasteiger partial charge in [0.15, 0.2) is 0 Å². The third-order valence-corrected chi connectivity index (χ3v) is 6.97. The molecule has 3 unspecified atom stereocenters. The maximum absolute atomic E-state index is 13.8. The highest BCUT2D eigenvalue weighted by Gasteiger charge is 2.55. The van der Waals surface area contributed by atoms with Gasteiger partial charge in [0.1, 0.15) is 35.2 Å². The standard InChI is InChI=1S/C30H31F3O6/c1-4-6-7-8-18-9-12-21(26(15-18)36-3)22-16-19-10-11-20(17-25(19)39-29(22)35)37-23-13-14-24(38-27(34)5-2)28(23)30(31,32)33/h5,9-12,15-17,23-24,28H,2,4,6-8,13-14H2,1,3H3. The van der Waals surface area contributed by atoms with Crippen LogP contribution < -0.4 is 15.1 Å². The van der Waals surface area contributed by atoms with Crippen LogP contribution in [0, 0.1) is 5.92 Å². The molecule has 39 heavy (non-hydrogen) atoms. The number of methoxy groups -OCH3 is 1. The van der Waals surface area contributed by atoms with E-state index in [1.54, 1.807) is 19.2 Å². The molecule has 0 spiro atoms. The number of carbonyl (C=O) groups excluding carboxylic acids is 1. The zero-order valence-electron chi connectivity index (χ0n) is 21.9. The van der Waals surface area contributed by atoms with Gasteiger partial charge in [-0.05, 0) is 55.5 Å². The van der Waals surface area contributed by atoms with Crippen molar-refractivity contribution in [3.05, 3.63) is 71.1 Å². The van der Waals surface area contributed by atoms with Gasteiger partial charge in [-0.1, -0.05) is 38.5 Å². The van der Waals surface area contributed by atoms with Gasteiger partial charge in [-0.2, -0.15) is 13.2 Å². The SMILES string of the molecule is C=CC(=O)OC1CCC(Oc2ccc3cc(-c4ccc(CCCCC)cc4OC)c(=O)oc3c2)C1C(F)(F)F. The van der Waals surface area contributed by atoms with E-state index in [2.05, 4.69) is 13.5 Å². The fraction of sp³-hybridized carbons (Fsp3) is 0.400. The Morgan fingerprint density at radius 2 is 1.85 bits per heavy atom. The van der Waals surface area contributed by atoms with E-state index < -0.39 is 35.9 Å². The van der Waals surface area contributed by atoms with Crippen molar-refractivity contribution < 1.29 is 36.6 Å². The number of hydrogen-bond acceptors (Lipinski definition) is 6. The quantitative estimate of drug-likeness (QED) is 0.118. The summed E-state index contributed by atoms with van der Waals surface area (Å²) in [7, 11) is 1.54. The Balaban J connectivity index is 1.59. The van der Waals surface area contributed by atoms with E-state index >= 15 is 0 Å². The van der Waals surface area contributed by atoms with Crippen LogP contribution in [0.4, 0.5) is 13.2 Å². The number of esters is 1. The van der Waals surface area contributed by atoms with Crippen LogP contribution in [0.2, 0.25) is 0 Å². The highest BCUT2D eigenvalue weighted by atomic mass is 19.4. The molecule has 1 aliphatic rings. The van der Waals surface area contributed by atoms with Crippen molar-refractivity contribution in [2.75, 3.05) is 7.11 Å². The van der Waals surface area contributed by atoms with E-state index in [9.17, 15) is 22.8 Å². The molecule has 0 radical (unpaired) electrons. The van der Waals surface area contributed by atoms with Crippen LogP contribution >= 0.6 is 0 Å². The maximum atomic E-state index is 13.8. The van der Waals surface area contributed by atoms with E-state index in [4.69, 9.17) is 18.6 Å². The number of fused-ring (bicyclic) bond motifs is 1. The van der Waals surface area contributed by atoms with Gasteiger partial charge in [-0.25, -0.2) is 9.59 Å². The van der Waals surface area contributed by atoms with Crippen molar-refractivity contribution in [3.8, 4) is 22.6 Å². The number of unbranched alkanes of at least 4 members (excludes halogenated alkanes) is 2. The highest BCUT2D eigenvalue weighted by molar-refractivity contribution is 5.84. The molecule has 208 valence electrons. The summed E-state index contributed by atoms with van der Waals surface area (Å²) in [6.07, 6.45) is -2.19. The topological polar surface area (TPSA) is 75.0 Å². The molecule has 1 aromatic heterocycles. The largest absolute Gasteiger partial charge is 0.496 e. The molecule has 4 rings (SSSR count). The third-order valence-electron chi connectivity index (χ3n) is 6.97. The Kier molecular flexibility index (Phi) is 8.67. The number of halogens is 3. The summed E-state index contributed by atoms with van der Waals surface area (Å²) in [5, 5.41) is 0.572. The van der Waals surface area contributed by atoms with Gasteiger partial charge in [-0.3, -0.25) is 0 Å². The lowest BCUT2D eigenvalue weighted by molar-refractivity contribution is -0.214. The van der Waals surface area contributed by atoms with Gasteiger partial charge >= 0.3 is 17.8 Å². The molecule has 9 heteroatoms. The Bertz CT molecular complexity index is 1390. The number of hydrogen-bond donors (Lipinski definition) is 0. The zero-order valence-corrected chi connectivity index (χ0v) is 21.9. The van der Waals surface area contributed by atoms with E-state index in [-0.39, 0.29) is 24.2 Å². The normalized spacial score (nSPS) is 19.2. The summed E-state index contributed by atoms with van der Waals surface area (Å²) >= 11 is 0. The predicted octanol–water partition coefficient (Wildman–Crippen LogP) is 7.02. The molecule has 0 aliphatic heterocycles. The van der Waals surface area contributed by atoms with E-state index in [0.29, 0.717) is 22.3 Å². The minimum absolute atomic E-state index is 0.000323. The lowest BCUT2D eigenvalue weighted by Crippen LogP contribution is -2.41. The first-order chi connectivity index (χ1) is 18.6. The molecular formula is C30H31F3O6. The Morgan fingerprint density at radius 1 is 1.08 bits per heavy atom. The molecule has 0 bridgehead atoms. The second-order valence-electron chi connectivity index (χ2n) is 9.62. The van der Waals surface area contributed by atoms with Crippen LogP contribution in [0.15, 0.2) is 64.3 Å². The van der Waals surface area contributed by atoms with Crippen LogP contribution in [-0.2, 0) is 16.0 Å². The highest BCUT2D eigenvalue weighted by Crippen LogP contribution is 2.43. The molecule has 1 fully saturated rings. The van der Waals surface area contributed by atoms with Crippen LogP contribution in [0.5, 0.6) is 11.5 Å². The van der Waals surface area contributed by atoms with E-state index in [1.165, 1.54) is 12.1 Å². The van der Waals surface area contributed by atoms with Crippen molar-refractivity contribution in [2.24, 2.45) is 5.92 Å². The summed E-state index contributed by atoms with van der Waals surface area (Å²) in [5.74, 6) is -2.24. The summed E-state index contributed by atoms with van der Waals surface area (Å²) in [4.78, 5) is 24.5. The average Bonchev–Trinajstić information content (AvgIpc) is 3.30. The minimum Gasteiger partial charge on any atom is -0.496 e. The van der Waals surface area contributed by atoms with Crippen molar-refractivity contribution in [3.63, 3.8) is 0 Å². The van der Waals surface area contributed by atoms with Gasteiger partial charge in [0.2, 0.25) is 0 Å². The third kappa shape index (κ3) is 6.46. The van der Waals surface area contributed by atoms with Crippen molar-refractivity contribution in [1.29, 1.82) is 0 Å². The molecule has 3 atom stereocenters. The van der Waals surface area contributed by atoms with E-state index in [1.807, 2.05) is 18.2 Å². The minimum atomic E-state index is -4.64. The summed E-state index contributed by atoms with van der Waals surface area (Å²) in [5.41, 5.74) is 1.58. The molecule has 1 heterocycles. The zero-order chi connectivity index (χ0) is 28.2. The molecule has 1 saturated carbocycles. The van der Waals surface area contributed by atoms with Gasteiger partial charge in [-0.15, -0.1) is 0 Å². The average molecular weight is 545 g/mol.